The summed E-state index contributed by atoms with van der Waals surface area (Å²) in [6.07, 6.45) is 0.930. The van der Waals surface area contributed by atoms with Crippen LogP contribution in [0.5, 0.6) is 0 Å². The molecule has 6 heteroatoms. The number of aryl methyl sites for hydroxylation is 1. The minimum absolute atomic E-state index is 0.103. The van der Waals surface area contributed by atoms with Crippen LogP contribution in [0.4, 0.5) is 0 Å². The summed E-state index contributed by atoms with van der Waals surface area (Å²) in [7, 11) is 0. The van der Waals surface area contributed by atoms with E-state index in [2.05, 4.69) is 5.32 Å². The molecule has 0 aliphatic rings. The van der Waals surface area contributed by atoms with Crippen molar-refractivity contribution in [3.05, 3.63) is 69.7 Å². The lowest BCUT2D eigenvalue weighted by Crippen LogP contribution is -2.27. The Balaban J connectivity index is 1.52. The number of halogens is 1. The molecule has 124 valence electrons. The predicted molar refractivity (Wildman–Crippen MR) is 93.3 cm³/mol. The first-order valence-corrected chi connectivity index (χ1v) is 8.11. The number of carbonyl (C=O) groups is 1. The van der Waals surface area contributed by atoms with Crippen LogP contribution in [0.2, 0.25) is 5.02 Å². The Kier molecular flexibility index (Phi) is 5.01. The molecule has 2 aromatic carbocycles. The Morgan fingerprint density at radius 2 is 2.00 bits per heavy atom. The third-order valence-electron chi connectivity index (χ3n) is 3.76. The van der Waals surface area contributed by atoms with Crippen molar-refractivity contribution >= 4 is 28.6 Å². The van der Waals surface area contributed by atoms with Crippen molar-refractivity contribution in [1.29, 1.82) is 0 Å². The van der Waals surface area contributed by atoms with E-state index in [-0.39, 0.29) is 12.3 Å². The van der Waals surface area contributed by atoms with Crippen molar-refractivity contribution in [2.24, 2.45) is 0 Å². The molecule has 5 nitrogen and oxygen atoms in total. The zero-order valence-electron chi connectivity index (χ0n) is 13.0. The van der Waals surface area contributed by atoms with Gasteiger partial charge in [-0.25, -0.2) is 4.79 Å². The van der Waals surface area contributed by atoms with Gasteiger partial charge in [-0.2, -0.15) is 0 Å². The molecule has 1 heterocycles. The molecule has 1 aromatic heterocycles. The largest absolute Gasteiger partial charge is 0.419 e. The van der Waals surface area contributed by atoms with Crippen molar-refractivity contribution in [3.63, 3.8) is 0 Å². The SMILES string of the molecule is O=C(CCn1c(=O)oc2ccccc21)NCCc1cccc(Cl)c1. The minimum atomic E-state index is -0.442. The molecule has 0 radical (unpaired) electrons. The van der Waals surface area contributed by atoms with Crippen LogP contribution in [-0.4, -0.2) is 17.0 Å². The Hall–Kier alpha value is -2.53. The molecular weight excluding hydrogens is 328 g/mol. The molecule has 0 saturated heterocycles. The topological polar surface area (TPSA) is 64.2 Å². The molecule has 0 saturated carbocycles. The average molecular weight is 345 g/mol. The standard InChI is InChI=1S/C18H17ClN2O3/c19-14-5-3-4-13(12-14)8-10-20-17(22)9-11-21-15-6-1-2-7-16(15)24-18(21)23/h1-7,12H,8-11H2,(H,20,22). The highest BCUT2D eigenvalue weighted by Crippen LogP contribution is 2.12. The smallest absolute Gasteiger partial charge is 0.408 e. The first-order chi connectivity index (χ1) is 11.6. The van der Waals surface area contributed by atoms with Crippen LogP contribution in [0.3, 0.4) is 0 Å². The van der Waals surface area contributed by atoms with Crippen molar-refractivity contribution in [2.45, 2.75) is 19.4 Å². The zero-order chi connectivity index (χ0) is 16.9. The monoisotopic (exact) mass is 344 g/mol. The van der Waals surface area contributed by atoms with Crippen molar-refractivity contribution < 1.29 is 9.21 Å². The second kappa shape index (κ2) is 7.36. The maximum absolute atomic E-state index is 12.0. The Morgan fingerprint density at radius 3 is 2.83 bits per heavy atom. The van der Waals surface area contributed by atoms with Gasteiger partial charge >= 0.3 is 5.76 Å². The van der Waals surface area contributed by atoms with Gasteiger partial charge in [0, 0.05) is 24.5 Å². The van der Waals surface area contributed by atoms with Crippen LogP contribution >= 0.6 is 11.6 Å². The fourth-order valence-corrected chi connectivity index (χ4v) is 2.78. The van der Waals surface area contributed by atoms with Gasteiger partial charge in [-0.15, -0.1) is 0 Å². The van der Waals surface area contributed by atoms with Gasteiger partial charge in [0.2, 0.25) is 5.91 Å². The number of amides is 1. The Labute approximate surface area is 143 Å². The van der Waals surface area contributed by atoms with Gasteiger partial charge < -0.3 is 9.73 Å². The molecule has 0 fully saturated rings. The lowest BCUT2D eigenvalue weighted by atomic mass is 10.1. The third-order valence-corrected chi connectivity index (χ3v) is 4.00. The molecule has 0 spiro atoms. The number of hydrogen-bond donors (Lipinski definition) is 1. The van der Waals surface area contributed by atoms with Gasteiger partial charge in [-0.05, 0) is 36.2 Å². The zero-order valence-corrected chi connectivity index (χ0v) is 13.8. The van der Waals surface area contributed by atoms with Crippen LogP contribution in [0.15, 0.2) is 57.7 Å². The number of fused-ring (bicyclic) bond motifs is 1. The van der Waals surface area contributed by atoms with Gasteiger partial charge in [0.05, 0.1) is 5.52 Å². The van der Waals surface area contributed by atoms with Crippen LogP contribution in [0.25, 0.3) is 11.1 Å². The highest BCUT2D eigenvalue weighted by atomic mass is 35.5. The van der Waals surface area contributed by atoms with E-state index < -0.39 is 5.76 Å². The van der Waals surface area contributed by atoms with Crippen LogP contribution in [-0.2, 0) is 17.8 Å². The number of oxazole rings is 1. The normalized spacial score (nSPS) is 10.9. The summed E-state index contributed by atoms with van der Waals surface area (Å²) < 4.78 is 6.62. The fourth-order valence-electron chi connectivity index (χ4n) is 2.57. The molecule has 3 aromatic rings. The van der Waals surface area contributed by atoms with Gasteiger partial charge in [-0.1, -0.05) is 35.9 Å². The molecule has 1 N–H and O–H groups in total. The predicted octanol–water partition coefficient (Wildman–Crippen LogP) is 3.00. The summed E-state index contributed by atoms with van der Waals surface area (Å²) in [5, 5.41) is 3.54. The van der Waals surface area contributed by atoms with E-state index in [1.807, 2.05) is 30.3 Å². The lowest BCUT2D eigenvalue weighted by molar-refractivity contribution is -0.121. The molecule has 0 bridgehead atoms. The number of benzene rings is 2. The number of nitrogens with one attached hydrogen (secondary N) is 1. The summed E-state index contributed by atoms with van der Waals surface area (Å²) in [4.78, 5) is 23.8. The first kappa shape index (κ1) is 16.3. The van der Waals surface area contributed by atoms with Crippen molar-refractivity contribution in [3.8, 4) is 0 Å². The van der Waals surface area contributed by atoms with Gasteiger partial charge in [0.25, 0.3) is 0 Å². The van der Waals surface area contributed by atoms with E-state index in [4.69, 9.17) is 16.0 Å². The molecule has 0 aliphatic carbocycles. The van der Waals surface area contributed by atoms with Crippen LogP contribution < -0.4 is 11.1 Å². The summed E-state index contributed by atoms with van der Waals surface area (Å²) in [6, 6.07) is 14.7. The van der Waals surface area contributed by atoms with Crippen molar-refractivity contribution in [1.82, 2.24) is 9.88 Å². The number of rotatable bonds is 6. The molecule has 3 rings (SSSR count). The molecule has 0 unspecified atom stereocenters. The second-order valence-corrected chi connectivity index (χ2v) is 5.90. The summed E-state index contributed by atoms with van der Waals surface area (Å²) in [5.41, 5.74) is 2.30. The molecule has 24 heavy (non-hydrogen) atoms. The molecular formula is C18H17ClN2O3. The summed E-state index contributed by atoms with van der Waals surface area (Å²) in [6.45, 7) is 0.819. The van der Waals surface area contributed by atoms with Gasteiger partial charge in [-0.3, -0.25) is 9.36 Å². The Morgan fingerprint density at radius 1 is 1.17 bits per heavy atom. The quantitative estimate of drug-likeness (QED) is 0.747. The summed E-state index contributed by atoms with van der Waals surface area (Å²) in [5.74, 6) is -0.544. The average Bonchev–Trinajstić information content (AvgIpc) is 2.88. The number of aromatic nitrogens is 1. The first-order valence-electron chi connectivity index (χ1n) is 7.73. The van der Waals surface area contributed by atoms with E-state index in [0.29, 0.717) is 35.6 Å². The third kappa shape index (κ3) is 3.86. The van der Waals surface area contributed by atoms with E-state index in [1.165, 1.54) is 4.57 Å². The maximum Gasteiger partial charge on any atom is 0.419 e. The number of hydrogen-bond acceptors (Lipinski definition) is 3. The van der Waals surface area contributed by atoms with E-state index >= 15 is 0 Å². The van der Waals surface area contributed by atoms with Crippen molar-refractivity contribution in [2.75, 3.05) is 6.54 Å². The highest BCUT2D eigenvalue weighted by Gasteiger charge is 2.10. The van der Waals surface area contributed by atoms with E-state index in [9.17, 15) is 9.59 Å². The molecule has 1 amide bonds. The molecule has 0 aliphatic heterocycles. The van der Waals surface area contributed by atoms with Gasteiger partial charge in [0.1, 0.15) is 0 Å². The van der Waals surface area contributed by atoms with Crippen LogP contribution in [0.1, 0.15) is 12.0 Å². The summed E-state index contributed by atoms with van der Waals surface area (Å²) >= 11 is 5.93. The minimum Gasteiger partial charge on any atom is -0.408 e. The van der Waals surface area contributed by atoms with E-state index in [1.54, 1.807) is 18.2 Å². The van der Waals surface area contributed by atoms with E-state index in [0.717, 1.165) is 5.56 Å². The lowest BCUT2D eigenvalue weighted by Gasteiger charge is -2.06. The highest BCUT2D eigenvalue weighted by molar-refractivity contribution is 6.30. The Bertz CT molecular complexity index is 914. The maximum atomic E-state index is 12.0. The number of carbonyl (C=O) groups excluding carboxylic acids is 1. The number of para-hydroxylation sites is 2. The number of nitrogens with zero attached hydrogens (tertiary/aromatic N) is 1. The molecule has 0 atom stereocenters. The van der Waals surface area contributed by atoms with Gasteiger partial charge in [0.15, 0.2) is 5.58 Å². The second-order valence-electron chi connectivity index (χ2n) is 5.47. The fraction of sp³-hybridized carbons (Fsp3) is 0.222. The van der Waals surface area contributed by atoms with Crippen LogP contribution in [0, 0.1) is 0 Å².